The second-order valence-electron chi connectivity index (χ2n) is 3.35. The molecular formula is C13H13N3O. The molecular weight excluding hydrogens is 214 g/mol. The number of ether oxygens (including phenoxy) is 1. The summed E-state index contributed by atoms with van der Waals surface area (Å²) in [4.78, 5) is 0. The minimum Gasteiger partial charge on any atom is -0.347 e. The van der Waals surface area contributed by atoms with Crippen molar-refractivity contribution in [3.8, 4) is 11.8 Å². The van der Waals surface area contributed by atoms with Crippen LogP contribution >= 0.6 is 0 Å². The fraction of sp³-hybridized carbons (Fsp3) is 0.231. The molecule has 0 saturated heterocycles. The molecule has 1 aromatic heterocycles. The molecule has 0 radical (unpaired) electrons. The van der Waals surface area contributed by atoms with Gasteiger partial charge in [-0.3, -0.25) is 4.57 Å². The monoisotopic (exact) mass is 227 g/mol. The Morgan fingerprint density at radius 1 is 1.24 bits per heavy atom. The molecule has 1 unspecified atom stereocenters. The Morgan fingerprint density at radius 3 is 2.59 bits per heavy atom. The van der Waals surface area contributed by atoms with Crippen LogP contribution in [0, 0.1) is 11.8 Å². The van der Waals surface area contributed by atoms with Crippen LogP contribution in [0.2, 0.25) is 0 Å². The van der Waals surface area contributed by atoms with E-state index in [0.717, 1.165) is 5.56 Å². The first-order valence-electron chi connectivity index (χ1n) is 5.42. The summed E-state index contributed by atoms with van der Waals surface area (Å²) < 4.78 is 7.25. The highest BCUT2D eigenvalue weighted by atomic mass is 16.5. The smallest absolute Gasteiger partial charge is 0.199 e. The second-order valence-corrected chi connectivity index (χ2v) is 3.35. The van der Waals surface area contributed by atoms with Gasteiger partial charge >= 0.3 is 0 Å². The van der Waals surface area contributed by atoms with Crippen molar-refractivity contribution in [2.75, 3.05) is 6.61 Å². The van der Waals surface area contributed by atoms with Crippen LogP contribution in [-0.2, 0) is 4.74 Å². The summed E-state index contributed by atoms with van der Waals surface area (Å²) in [6.07, 6.45) is 2.86. The summed E-state index contributed by atoms with van der Waals surface area (Å²) in [6, 6.07) is 9.80. The summed E-state index contributed by atoms with van der Waals surface area (Å²) in [6.45, 7) is 2.52. The average Bonchev–Trinajstić information content (AvgIpc) is 2.89. The molecule has 0 saturated carbocycles. The molecule has 0 aliphatic heterocycles. The van der Waals surface area contributed by atoms with Gasteiger partial charge in [-0.15, -0.1) is 10.2 Å². The molecule has 4 heteroatoms. The van der Waals surface area contributed by atoms with Crippen molar-refractivity contribution in [2.24, 2.45) is 0 Å². The lowest BCUT2D eigenvalue weighted by molar-refractivity contribution is 0.0538. The van der Waals surface area contributed by atoms with Crippen molar-refractivity contribution in [1.29, 1.82) is 0 Å². The third-order valence-electron chi connectivity index (χ3n) is 2.15. The van der Waals surface area contributed by atoms with Crippen LogP contribution in [0.15, 0.2) is 43.0 Å². The second kappa shape index (κ2) is 5.83. The normalized spacial score (nSPS) is 11.6. The van der Waals surface area contributed by atoms with Gasteiger partial charge in [0.15, 0.2) is 6.23 Å². The van der Waals surface area contributed by atoms with Gasteiger partial charge in [0.05, 0.1) is 0 Å². The fourth-order valence-electron chi connectivity index (χ4n) is 1.36. The van der Waals surface area contributed by atoms with Gasteiger partial charge in [-0.25, -0.2) is 0 Å². The molecule has 0 fully saturated rings. The van der Waals surface area contributed by atoms with Crippen LogP contribution in [0.5, 0.6) is 0 Å². The van der Waals surface area contributed by atoms with Gasteiger partial charge in [-0.2, -0.15) is 0 Å². The SMILES string of the molecule is CCOC(C#Cc1ccccc1)n1cnnc1. The Hall–Kier alpha value is -2.12. The predicted octanol–water partition coefficient (Wildman–Crippen LogP) is 1.86. The van der Waals surface area contributed by atoms with Gasteiger partial charge in [0.25, 0.3) is 0 Å². The van der Waals surface area contributed by atoms with Crippen molar-refractivity contribution in [2.45, 2.75) is 13.2 Å². The lowest BCUT2D eigenvalue weighted by Gasteiger charge is -2.10. The van der Waals surface area contributed by atoms with Gasteiger partial charge < -0.3 is 4.74 Å². The summed E-state index contributed by atoms with van der Waals surface area (Å²) in [5.74, 6) is 6.12. The Bertz CT molecular complexity index is 496. The molecule has 0 aliphatic rings. The van der Waals surface area contributed by atoms with Crippen molar-refractivity contribution in [3.63, 3.8) is 0 Å². The van der Waals surface area contributed by atoms with E-state index in [1.165, 1.54) is 0 Å². The largest absolute Gasteiger partial charge is 0.347 e. The molecule has 1 aromatic carbocycles. The van der Waals surface area contributed by atoms with Crippen molar-refractivity contribution in [3.05, 3.63) is 48.5 Å². The molecule has 4 nitrogen and oxygen atoms in total. The van der Waals surface area contributed by atoms with Gasteiger partial charge in [-0.1, -0.05) is 24.1 Å². The van der Waals surface area contributed by atoms with Gasteiger partial charge in [0.2, 0.25) is 0 Å². The van der Waals surface area contributed by atoms with Crippen molar-refractivity contribution >= 4 is 0 Å². The summed E-state index contributed by atoms with van der Waals surface area (Å²) in [7, 11) is 0. The Balaban J connectivity index is 2.17. The summed E-state index contributed by atoms with van der Waals surface area (Å²) in [5.41, 5.74) is 0.963. The maximum atomic E-state index is 5.52. The van der Waals surface area contributed by atoms with E-state index in [2.05, 4.69) is 22.0 Å². The Kier molecular flexibility index (Phi) is 3.90. The van der Waals surface area contributed by atoms with Crippen LogP contribution in [-0.4, -0.2) is 21.4 Å². The summed E-state index contributed by atoms with van der Waals surface area (Å²) in [5, 5.41) is 7.49. The number of aromatic nitrogens is 3. The molecule has 86 valence electrons. The lowest BCUT2D eigenvalue weighted by Crippen LogP contribution is -2.09. The number of hydrogen-bond donors (Lipinski definition) is 0. The lowest BCUT2D eigenvalue weighted by atomic mass is 10.2. The molecule has 0 spiro atoms. The molecule has 0 bridgehead atoms. The first-order valence-corrected chi connectivity index (χ1v) is 5.42. The molecule has 17 heavy (non-hydrogen) atoms. The molecule has 1 atom stereocenters. The van der Waals surface area contributed by atoms with Crippen LogP contribution in [0.3, 0.4) is 0 Å². The molecule has 0 N–H and O–H groups in total. The van der Waals surface area contributed by atoms with E-state index in [4.69, 9.17) is 4.74 Å². The predicted molar refractivity (Wildman–Crippen MR) is 64.0 cm³/mol. The highest BCUT2D eigenvalue weighted by Gasteiger charge is 2.05. The van der Waals surface area contributed by atoms with Crippen molar-refractivity contribution < 1.29 is 4.74 Å². The van der Waals surface area contributed by atoms with Crippen LogP contribution in [0.4, 0.5) is 0 Å². The van der Waals surface area contributed by atoms with E-state index < -0.39 is 0 Å². The van der Waals surface area contributed by atoms with E-state index in [-0.39, 0.29) is 6.23 Å². The fourth-order valence-corrected chi connectivity index (χ4v) is 1.36. The van der Waals surface area contributed by atoms with Crippen LogP contribution in [0.1, 0.15) is 18.7 Å². The zero-order valence-corrected chi connectivity index (χ0v) is 9.58. The Morgan fingerprint density at radius 2 is 1.94 bits per heavy atom. The van der Waals surface area contributed by atoms with E-state index in [1.54, 1.807) is 17.2 Å². The zero-order chi connectivity index (χ0) is 11.9. The minimum absolute atomic E-state index is 0.338. The quantitative estimate of drug-likeness (QED) is 0.751. The maximum absolute atomic E-state index is 5.52. The van der Waals surface area contributed by atoms with E-state index >= 15 is 0 Å². The molecule has 2 rings (SSSR count). The third kappa shape index (κ3) is 3.16. The molecule has 0 amide bonds. The maximum Gasteiger partial charge on any atom is 0.199 e. The molecule has 0 aliphatic carbocycles. The first-order chi connectivity index (χ1) is 8.40. The highest BCUT2D eigenvalue weighted by molar-refractivity contribution is 5.34. The zero-order valence-electron chi connectivity index (χ0n) is 9.58. The third-order valence-corrected chi connectivity index (χ3v) is 2.15. The number of rotatable bonds is 3. The van der Waals surface area contributed by atoms with Crippen LogP contribution < -0.4 is 0 Å². The van der Waals surface area contributed by atoms with Gasteiger partial charge in [0, 0.05) is 12.2 Å². The van der Waals surface area contributed by atoms with E-state index in [0.29, 0.717) is 6.61 Å². The number of hydrogen-bond acceptors (Lipinski definition) is 3. The highest BCUT2D eigenvalue weighted by Crippen LogP contribution is 2.06. The average molecular weight is 227 g/mol. The Labute approximate surface area is 100 Å². The van der Waals surface area contributed by atoms with Crippen LogP contribution in [0.25, 0.3) is 0 Å². The van der Waals surface area contributed by atoms with Gasteiger partial charge in [0.1, 0.15) is 12.7 Å². The van der Waals surface area contributed by atoms with Crippen molar-refractivity contribution in [1.82, 2.24) is 14.8 Å². The minimum atomic E-state index is -0.338. The van der Waals surface area contributed by atoms with E-state index in [1.807, 2.05) is 37.3 Å². The summed E-state index contributed by atoms with van der Waals surface area (Å²) >= 11 is 0. The number of nitrogens with zero attached hydrogens (tertiary/aromatic N) is 3. The first kappa shape index (κ1) is 11.4. The van der Waals surface area contributed by atoms with Gasteiger partial charge in [-0.05, 0) is 25.0 Å². The standard InChI is InChI=1S/C13H13N3O/c1-2-17-13(16-10-14-15-11-16)9-8-12-6-4-3-5-7-12/h3-7,10-11,13H,2H2,1H3. The molecule has 2 aromatic rings. The molecule has 1 heterocycles. The topological polar surface area (TPSA) is 39.9 Å². The number of benzene rings is 1. The van der Waals surface area contributed by atoms with E-state index in [9.17, 15) is 0 Å².